The molecule has 3 rings (SSSR count). The van der Waals surface area contributed by atoms with E-state index < -0.39 is 0 Å². The fraction of sp³-hybridized carbons (Fsp3) is 0.588. The van der Waals surface area contributed by atoms with Gasteiger partial charge in [-0.25, -0.2) is 0 Å². The van der Waals surface area contributed by atoms with Crippen molar-refractivity contribution >= 4 is 17.7 Å². The number of carbonyl (C=O) groups is 3. The predicted molar refractivity (Wildman–Crippen MR) is 86.1 cm³/mol. The van der Waals surface area contributed by atoms with Gasteiger partial charge in [0.1, 0.15) is 0 Å². The summed E-state index contributed by atoms with van der Waals surface area (Å²) in [4.78, 5) is 40.0. The van der Waals surface area contributed by atoms with Crippen LogP contribution in [0.2, 0.25) is 0 Å². The van der Waals surface area contributed by atoms with Gasteiger partial charge in [0.2, 0.25) is 11.8 Å². The van der Waals surface area contributed by atoms with Gasteiger partial charge in [0.25, 0.3) is 5.91 Å². The molecule has 1 N–H and O–H groups in total. The van der Waals surface area contributed by atoms with E-state index in [1.807, 2.05) is 6.92 Å². The van der Waals surface area contributed by atoms with E-state index in [-0.39, 0.29) is 29.6 Å². The van der Waals surface area contributed by atoms with Crippen molar-refractivity contribution in [2.75, 3.05) is 32.7 Å². The minimum atomic E-state index is -0.186. The Hall–Kier alpha value is -2.31. The molecule has 1 saturated heterocycles. The maximum Gasteiger partial charge on any atom is 0.289 e. The standard InChI is InChI=1S/C17H23N3O4/c1-2-5-18-15(21)12-11-13(12)16(22)19-6-8-20(9-7-19)17(23)14-4-3-10-24-14/h3-4,10,12-13H,2,5-9,11H2,1H3,(H,18,21). The number of piperazine rings is 1. The molecule has 0 aromatic carbocycles. The predicted octanol–water partition coefficient (Wildman–Crippen LogP) is 0.726. The molecule has 2 atom stereocenters. The highest BCUT2D eigenvalue weighted by molar-refractivity contribution is 5.93. The number of nitrogens with zero attached hydrogens (tertiary/aromatic N) is 2. The molecule has 1 aliphatic carbocycles. The first-order valence-corrected chi connectivity index (χ1v) is 8.51. The van der Waals surface area contributed by atoms with Crippen LogP contribution in [0.5, 0.6) is 0 Å². The largest absolute Gasteiger partial charge is 0.459 e. The van der Waals surface area contributed by atoms with Gasteiger partial charge >= 0.3 is 0 Å². The van der Waals surface area contributed by atoms with Gasteiger partial charge in [0.15, 0.2) is 5.76 Å². The van der Waals surface area contributed by atoms with Crippen LogP contribution >= 0.6 is 0 Å². The van der Waals surface area contributed by atoms with Crippen LogP contribution in [0.1, 0.15) is 30.3 Å². The summed E-state index contributed by atoms with van der Waals surface area (Å²) in [7, 11) is 0. The van der Waals surface area contributed by atoms with E-state index >= 15 is 0 Å². The van der Waals surface area contributed by atoms with Crippen molar-refractivity contribution in [3.8, 4) is 0 Å². The average molecular weight is 333 g/mol. The molecule has 2 heterocycles. The molecule has 24 heavy (non-hydrogen) atoms. The van der Waals surface area contributed by atoms with Crippen LogP contribution in [0.25, 0.3) is 0 Å². The van der Waals surface area contributed by atoms with Gasteiger partial charge in [-0.05, 0) is 25.0 Å². The lowest BCUT2D eigenvalue weighted by molar-refractivity contribution is -0.136. The molecule has 1 aliphatic heterocycles. The number of hydrogen-bond donors (Lipinski definition) is 1. The molecule has 130 valence electrons. The Morgan fingerprint density at radius 2 is 1.88 bits per heavy atom. The van der Waals surface area contributed by atoms with Crippen LogP contribution in [-0.4, -0.2) is 60.2 Å². The van der Waals surface area contributed by atoms with Gasteiger partial charge in [-0.2, -0.15) is 0 Å². The second kappa shape index (κ2) is 7.07. The van der Waals surface area contributed by atoms with E-state index in [9.17, 15) is 14.4 Å². The van der Waals surface area contributed by atoms with Crippen LogP contribution in [-0.2, 0) is 9.59 Å². The zero-order valence-corrected chi connectivity index (χ0v) is 13.9. The Morgan fingerprint density at radius 1 is 1.17 bits per heavy atom. The molecule has 7 nitrogen and oxygen atoms in total. The molecule has 0 spiro atoms. The summed E-state index contributed by atoms with van der Waals surface area (Å²) >= 11 is 0. The van der Waals surface area contributed by atoms with Gasteiger partial charge in [-0.15, -0.1) is 0 Å². The zero-order chi connectivity index (χ0) is 17.1. The monoisotopic (exact) mass is 333 g/mol. The molecule has 7 heteroatoms. The van der Waals surface area contributed by atoms with Gasteiger partial charge in [-0.1, -0.05) is 6.92 Å². The van der Waals surface area contributed by atoms with Crippen LogP contribution in [0.3, 0.4) is 0 Å². The normalized spacial score (nSPS) is 23.0. The first kappa shape index (κ1) is 16.5. The molecule has 3 amide bonds. The van der Waals surface area contributed by atoms with E-state index in [2.05, 4.69) is 5.32 Å². The summed E-state index contributed by atoms with van der Waals surface area (Å²) in [5.41, 5.74) is 0. The molecule has 1 aromatic rings. The third kappa shape index (κ3) is 3.44. The fourth-order valence-electron chi connectivity index (χ4n) is 3.06. The SMILES string of the molecule is CCCNC(=O)C1CC1C(=O)N1CCN(C(=O)c2ccco2)CC1. The van der Waals surface area contributed by atoms with E-state index in [1.54, 1.807) is 21.9 Å². The third-order valence-electron chi connectivity index (χ3n) is 4.60. The fourth-order valence-corrected chi connectivity index (χ4v) is 3.06. The van der Waals surface area contributed by atoms with Crippen molar-refractivity contribution in [1.29, 1.82) is 0 Å². The highest BCUT2D eigenvalue weighted by atomic mass is 16.3. The molecule has 2 aliphatic rings. The molecule has 0 radical (unpaired) electrons. The highest BCUT2D eigenvalue weighted by Crippen LogP contribution is 2.40. The van der Waals surface area contributed by atoms with Crippen LogP contribution in [0.15, 0.2) is 22.8 Å². The smallest absolute Gasteiger partial charge is 0.289 e. The number of carbonyl (C=O) groups excluding carboxylic acids is 3. The lowest BCUT2D eigenvalue weighted by atomic mass is 10.2. The molecule has 2 unspecified atom stereocenters. The number of furan rings is 1. The summed E-state index contributed by atoms with van der Waals surface area (Å²) in [6.45, 7) is 4.65. The lowest BCUT2D eigenvalue weighted by Crippen LogP contribution is -2.51. The first-order valence-electron chi connectivity index (χ1n) is 8.51. The summed E-state index contributed by atoms with van der Waals surface area (Å²) in [6.07, 6.45) is 3.01. The average Bonchev–Trinajstić information content (AvgIpc) is 3.23. The third-order valence-corrected chi connectivity index (χ3v) is 4.60. The summed E-state index contributed by atoms with van der Waals surface area (Å²) in [5, 5.41) is 2.85. The van der Waals surface area contributed by atoms with Crippen molar-refractivity contribution in [1.82, 2.24) is 15.1 Å². The maximum absolute atomic E-state index is 12.5. The molecular weight excluding hydrogens is 310 g/mol. The van der Waals surface area contributed by atoms with Crippen molar-refractivity contribution in [3.05, 3.63) is 24.2 Å². The quantitative estimate of drug-likeness (QED) is 0.861. The van der Waals surface area contributed by atoms with E-state index in [0.29, 0.717) is 44.9 Å². The van der Waals surface area contributed by atoms with Gasteiger partial charge in [0.05, 0.1) is 18.1 Å². The Morgan fingerprint density at radius 3 is 2.50 bits per heavy atom. The van der Waals surface area contributed by atoms with Crippen molar-refractivity contribution in [2.45, 2.75) is 19.8 Å². The molecule has 1 aromatic heterocycles. The molecular formula is C17H23N3O4. The number of rotatable bonds is 5. The van der Waals surface area contributed by atoms with Gasteiger partial charge in [-0.3, -0.25) is 14.4 Å². The Balaban J connectivity index is 1.46. The Bertz CT molecular complexity index is 605. The lowest BCUT2D eigenvalue weighted by Gasteiger charge is -2.34. The maximum atomic E-state index is 12.5. The van der Waals surface area contributed by atoms with Crippen LogP contribution < -0.4 is 5.32 Å². The van der Waals surface area contributed by atoms with Crippen molar-refractivity contribution in [2.24, 2.45) is 11.8 Å². The number of amides is 3. The summed E-state index contributed by atoms with van der Waals surface area (Å²) in [5.74, 6) is -0.153. The Kier molecular flexibility index (Phi) is 4.87. The molecule has 0 bridgehead atoms. The van der Waals surface area contributed by atoms with Crippen LogP contribution in [0, 0.1) is 11.8 Å². The van der Waals surface area contributed by atoms with E-state index in [1.165, 1.54) is 6.26 Å². The van der Waals surface area contributed by atoms with E-state index in [4.69, 9.17) is 4.42 Å². The van der Waals surface area contributed by atoms with Crippen LogP contribution in [0.4, 0.5) is 0 Å². The summed E-state index contributed by atoms with van der Waals surface area (Å²) < 4.78 is 5.13. The van der Waals surface area contributed by atoms with Crippen molar-refractivity contribution in [3.63, 3.8) is 0 Å². The topological polar surface area (TPSA) is 82.9 Å². The highest BCUT2D eigenvalue weighted by Gasteiger charge is 2.49. The van der Waals surface area contributed by atoms with E-state index in [0.717, 1.165) is 6.42 Å². The summed E-state index contributed by atoms with van der Waals surface area (Å²) in [6, 6.07) is 3.33. The Labute approximate surface area is 141 Å². The second-order valence-electron chi connectivity index (χ2n) is 6.33. The zero-order valence-electron chi connectivity index (χ0n) is 13.9. The van der Waals surface area contributed by atoms with Crippen molar-refractivity contribution < 1.29 is 18.8 Å². The van der Waals surface area contributed by atoms with Gasteiger partial charge < -0.3 is 19.5 Å². The molecule has 2 fully saturated rings. The second-order valence-corrected chi connectivity index (χ2v) is 6.33. The minimum absolute atomic E-state index is 0.0122. The molecule has 1 saturated carbocycles. The first-order chi connectivity index (χ1) is 11.6. The van der Waals surface area contributed by atoms with Gasteiger partial charge in [0, 0.05) is 32.7 Å². The minimum Gasteiger partial charge on any atom is -0.459 e. The number of hydrogen-bond acceptors (Lipinski definition) is 4. The number of nitrogens with one attached hydrogen (secondary N) is 1.